The molecule has 168 valence electrons. The lowest BCUT2D eigenvalue weighted by molar-refractivity contribution is 0.249. The molecule has 0 atom stereocenters. The molecule has 4 rings (SSSR count). The van der Waals surface area contributed by atoms with Gasteiger partial charge in [0.05, 0.1) is 0 Å². The summed E-state index contributed by atoms with van der Waals surface area (Å²) < 4.78 is 29.2. The SMILES string of the molecule is O=S(=O)(C(c1ccccc1)c1ccccc1)N1CCC(CCCC2CCNCC2)CC1. The van der Waals surface area contributed by atoms with Crippen molar-refractivity contribution in [1.29, 1.82) is 0 Å². The minimum Gasteiger partial charge on any atom is -0.317 e. The molecule has 0 bridgehead atoms. The van der Waals surface area contributed by atoms with Gasteiger partial charge in [0, 0.05) is 13.1 Å². The summed E-state index contributed by atoms with van der Waals surface area (Å²) in [5.41, 5.74) is 1.69. The van der Waals surface area contributed by atoms with Gasteiger partial charge in [-0.05, 0) is 61.7 Å². The number of hydrogen-bond acceptors (Lipinski definition) is 3. The van der Waals surface area contributed by atoms with Crippen LogP contribution in [0.3, 0.4) is 0 Å². The van der Waals surface area contributed by atoms with E-state index in [-0.39, 0.29) is 0 Å². The van der Waals surface area contributed by atoms with Crippen LogP contribution in [0.5, 0.6) is 0 Å². The largest absolute Gasteiger partial charge is 0.317 e. The standard InChI is InChI=1S/C26H36N2O2S/c29-31(30,26(24-10-3-1-4-11-24)25-12-5-2-6-13-25)28-20-16-23(17-21-28)9-7-8-22-14-18-27-19-15-22/h1-6,10-13,22-23,26-27H,7-9,14-21H2. The summed E-state index contributed by atoms with van der Waals surface area (Å²) >= 11 is 0. The molecule has 1 N–H and O–H groups in total. The van der Waals surface area contributed by atoms with Crippen LogP contribution in [0.15, 0.2) is 60.7 Å². The minimum atomic E-state index is -3.46. The van der Waals surface area contributed by atoms with Gasteiger partial charge in [0.25, 0.3) is 0 Å². The second-order valence-electron chi connectivity index (χ2n) is 9.21. The third-order valence-corrected chi connectivity index (χ3v) is 9.34. The molecule has 4 nitrogen and oxygen atoms in total. The molecule has 0 unspecified atom stereocenters. The van der Waals surface area contributed by atoms with E-state index >= 15 is 0 Å². The molecule has 2 saturated heterocycles. The number of benzene rings is 2. The molecule has 0 aliphatic carbocycles. The van der Waals surface area contributed by atoms with Gasteiger partial charge in [-0.1, -0.05) is 79.9 Å². The van der Waals surface area contributed by atoms with Gasteiger partial charge in [0.2, 0.25) is 10.0 Å². The van der Waals surface area contributed by atoms with Crippen LogP contribution in [0.4, 0.5) is 0 Å². The van der Waals surface area contributed by atoms with E-state index in [0.29, 0.717) is 19.0 Å². The van der Waals surface area contributed by atoms with Crippen LogP contribution in [0.1, 0.15) is 61.3 Å². The van der Waals surface area contributed by atoms with Gasteiger partial charge in [0.1, 0.15) is 5.25 Å². The van der Waals surface area contributed by atoms with Crippen LogP contribution in [0.2, 0.25) is 0 Å². The number of piperidine rings is 2. The third-order valence-electron chi connectivity index (χ3n) is 7.12. The van der Waals surface area contributed by atoms with Crippen molar-refractivity contribution in [2.45, 2.75) is 50.2 Å². The predicted molar refractivity (Wildman–Crippen MR) is 127 cm³/mol. The molecule has 2 aliphatic heterocycles. The van der Waals surface area contributed by atoms with Crippen LogP contribution < -0.4 is 5.32 Å². The van der Waals surface area contributed by atoms with Crippen LogP contribution in [-0.2, 0) is 10.0 Å². The number of nitrogens with one attached hydrogen (secondary N) is 1. The molecule has 2 aromatic carbocycles. The normalized spacial score (nSPS) is 19.6. The zero-order valence-corrected chi connectivity index (χ0v) is 19.3. The number of nitrogens with zero attached hydrogens (tertiary/aromatic N) is 1. The van der Waals surface area contributed by atoms with Crippen molar-refractivity contribution >= 4 is 10.0 Å². The number of sulfonamides is 1. The van der Waals surface area contributed by atoms with Gasteiger partial charge in [-0.15, -0.1) is 0 Å². The highest BCUT2D eigenvalue weighted by molar-refractivity contribution is 7.89. The molecule has 0 amide bonds. The van der Waals surface area contributed by atoms with Gasteiger partial charge in [-0.2, -0.15) is 0 Å². The molecule has 0 spiro atoms. The minimum absolute atomic E-state index is 0.633. The first-order valence-corrected chi connectivity index (χ1v) is 13.4. The molecule has 2 aliphatic rings. The molecule has 0 saturated carbocycles. The summed E-state index contributed by atoms with van der Waals surface area (Å²) in [4.78, 5) is 0. The molecule has 0 radical (unpaired) electrons. The molecular formula is C26H36N2O2S. The van der Waals surface area contributed by atoms with E-state index in [0.717, 1.165) is 29.9 Å². The molecule has 2 heterocycles. The maximum Gasteiger partial charge on any atom is 0.225 e. The fourth-order valence-electron chi connectivity index (χ4n) is 5.26. The van der Waals surface area contributed by atoms with Crippen molar-refractivity contribution in [3.05, 3.63) is 71.8 Å². The lowest BCUT2D eigenvalue weighted by Gasteiger charge is -2.34. The molecule has 31 heavy (non-hydrogen) atoms. The molecular weight excluding hydrogens is 404 g/mol. The Hall–Kier alpha value is -1.69. The van der Waals surface area contributed by atoms with Crippen LogP contribution >= 0.6 is 0 Å². The molecule has 0 aromatic heterocycles. The fourth-order valence-corrected chi connectivity index (χ4v) is 7.28. The molecule has 2 aromatic rings. The van der Waals surface area contributed by atoms with E-state index in [1.165, 1.54) is 45.2 Å². The highest BCUT2D eigenvalue weighted by Gasteiger charge is 2.36. The van der Waals surface area contributed by atoms with Crippen molar-refractivity contribution in [2.75, 3.05) is 26.2 Å². The van der Waals surface area contributed by atoms with E-state index in [9.17, 15) is 8.42 Å². The maximum absolute atomic E-state index is 13.7. The Balaban J connectivity index is 1.38. The lowest BCUT2D eigenvalue weighted by Crippen LogP contribution is -2.41. The second-order valence-corrected chi connectivity index (χ2v) is 11.2. The highest BCUT2D eigenvalue weighted by Crippen LogP contribution is 2.35. The van der Waals surface area contributed by atoms with E-state index in [2.05, 4.69) is 5.32 Å². The van der Waals surface area contributed by atoms with E-state index < -0.39 is 15.3 Å². The quantitative estimate of drug-likeness (QED) is 0.629. The van der Waals surface area contributed by atoms with Crippen LogP contribution in [-0.4, -0.2) is 38.9 Å². The smallest absolute Gasteiger partial charge is 0.225 e. The zero-order valence-electron chi connectivity index (χ0n) is 18.5. The fraction of sp³-hybridized carbons (Fsp3) is 0.538. The van der Waals surface area contributed by atoms with E-state index in [1.54, 1.807) is 4.31 Å². The van der Waals surface area contributed by atoms with Crippen molar-refractivity contribution in [3.8, 4) is 0 Å². The van der Waals surface area contributed by atoms with Crippen molar-refractivity contribution in [3.63, 3.8) is 0 Å². The predicted octanol–water partition coefficient (Wildman–Crippen LogP) is 4.99. The average Bonchev–Trinajstić information content (AvgIpc) is 2.82. The third kappa shape index (κ3) is 5.76. The Bertz CT molecular complexity index is 848. The molecule has 5 heteroatoms. The van der Waals surface area contributed by atoms with E-state index in [4.69, 9.17) is 0 Å². The summed E-state index contributed by atoms with van der Waals surface area (Å²) in [6.45, 7) is 3.64. The van der Waals surface area contributed by atoms with Gasteiger partial charge in [-0.3, -0.25) is 0 Å². The first kappa shape index (κ1) is 22.5. The van der Waals surface area contributed by atoms with E-state index in [1.807, 2.05) is 60.7 Å². The van der Waals surface area contributed by atoms with Gasteiger partial charge in [-0.25, -0.2) is 12.7 Å². The molecule has 2 fully saturated rings. The Morgan fingerprint density at radius 3 is 1.77 bits per heavy atom. The summed E-state index contributed by atoms with van der Waals surface area (Å²) in [7, 11) is -3.46. The Kier molecular flexibility index (Phi) is 7.81. The van der Waals surface area contributed by atoms with Gasteiger partial charge in [0.15, 0.2) is 0 Å². The second kappa shape index (κ2) is 10.8. The van der Waals surface area contributed by atoms with Crippen molar-refractivity contribution in [1.82, 2.24) is 9.62 Å². The highest BCUT2D eigenvalue weighted by atomic mass is 32.2. The monoisotopic (exact) mass is 440 g/mol. The van der Waals surface area contributed by atoms with Gasteiger partial charge < -0.3 is 5.32 Å². The summed E-state index contributed by atoms with van der Waals surface area (Å²) in [5, 5.41) is 2.81. The first-order valence-electron chi connectivity index (χ1n) is 11.9. The maximum atomic E-state index is 13.7. The van der Waals surface area contributed by atoms with Crippen LogP contribution in [0.25, 0.3) is 0 Å². The Morgan fingerprint density at radius 2 is 1.26 bits per heavy atom. The van der Waals surface area contributed by atoms with Crippen LogP contribution in [0, 0.1) is 11.8 Å². The lowest BCUT2D eigenvalue weighted by atomic mass is 9.87. The summed E-state index contributed by atoms with van der Waals surface area (Å²) in [5.74, 6) is 1.55. The number of hydrogen-bond donors (Lipinski definition) is 1. The van der Waals surface area contributed by atoms with Crippen molar-refractivity contribution < 1.29 is 8.42 Å². The first-order chi connectivity index (χ1) is 15.1. The number of rotatable bonds is 8. The topological polar surface area (TPSA) is 49.4 Å². The Labute approximate surface area is 188 Å². The Morgan fingerprint density at radius 1 is 0.774 bits per heavy atom. The zero-order chi connectivity index (χ0) is 21.5. The summed E-state index contributed by atoms with van der Waals surface area (Å²) in [6, 6.07) is 19.3. The van der Waals surface area contributed by atoms with Gasteiger partial charge >= 0.3 is 0 Å². The summed E-state index contributed by atoms with van der Waals surface area (Å²) in [6.07, 6.45) is 8.49. The average molecular weight is 441 g/mol. The van der Waals surface area contributed by atoms with Crippen molar-refractivity contribution in [2.24, 2.45) is 11.8 Å².